The van der Waals surface area contributed by atoms with Crippen molar-refractivity contribution in [2.24, 2.45) is 0 Å². The topological polar surface area (TPSA) is 81.0 Å². The molecular weight excluding hydrogens is 384 g/mol. The fourth-order valence-electron chi connectivity index (χ4n) is 3.42. The Morgan fingerprint density at radius 1 is 1.07 bits per heavy atom. The fraction of sp³-hybridized carbons (Fsp3) is 0.304. The van der Waals surface area contributed by atoms with E-state index in [-0.39, 0.29) is 17.6 Å². The zero-order valence-corrected chi connectivity index (χ0v) is 16.8. The Kier molecular flexibility index (Phi) is 5.99. The molecule has 2 heterocycles. The van der Waals surface area contributed by atoms with Crippen LogP contribution in [0.15, 0.2) is 59.0 Å². The molecule has 0 saturated carbocycles. The molecule has 0 aliphatic carbocycles. The lowest BCUT2D eigenvalue weighted by Gasteiger charge is -2.26. The molecule has 0 spiro atoms. The predicted molar refractivity (Wildman–Crippen MR) is 113 cm³/mol. The van der Waals surface area contributed by atoms with Crippen LogP contribution in [0.3, 0.4) is 0 Å². The van der Waals surface area contributed by atoms with Crippen molar-refractivity contribution in [3.05, 3.63) is 60.4 Å². The number of para-hydroxylation sites is 2. The lowest BCUT2D eigenvalue weighted by Crippen LogP contribution is -2.41. The van der Waals surface area contributed by atoms with Crippen LogP contribution in [-0.4, -0.2) is 49.1 Å². The van der Waals surface area contributed by atoms with Crippen molar-refractivity contribution in [2.75, 3.05) is 31.6 Å². The van der Waals surface area contributed by atoms with E-state index in [1.165, 1.54) is 0 Å². The highest BCUT2D eigenvalue weighted by Crippen LogP contribution is 2.32. The summed E-state index contributed by atoms with van der Waals surface area (Å²) < 4.78 is 17.0. The van der Waals surface area contributed by atoms with Crippen molar-refractivity contribution in [1.29, 1.82) is 0 Å². The Bertz CT molecular complexity index is 1020. The summed E-state index contributed by atoms with van der Waals surface area (Å²) in [5, 5.41) is 3.57. The van der Waals surface area contributed by atoms with Gasteiger partial charge in [-0.3, -0.25) is 9.59 Å². The van der Waals surface area contributed by atoms with Gasteiger partial charge in [-0.25, -0.2) is 0 Å². The van der Waals surface area contributed by atoms with Gasteiger partial charge in [0.1, 0.15) is 17.0 Å². The maximum atomic E-state index is 13.1. The number of carbonyl (C=O) groups excluding carboxylic acids is 2. The van der Waals surface area contributed by atoms with Gasteiger partial charge in [-0.05, 0) is 30.7 Å². The Morgan fingerprint density at radius 3 is 2.50 bits per heavy atom. The smallest absolute Gasteiger partial charge is 0.291 e. The number of hydrogen-bond acceptors (Lipinski definition) is 5. The Balaban J connectivity index is 1.62. The van der Waals surface area contributed by atoms with E-state index in [0.29, 0.717) is 55.1 Å². The summed E-state index contributed by atoms with van der Waals surface area (Å²) in [6.45, 7) is 3.81. The highest BCUT2D eigenvalue weighted by molar-refractivity contribution is 6.11. The molecule has 2 amide bonds. The summed E-state index contributed by atoms with van der Waals surface area (Å²) in [5.74, 6) is 0.146. The SMILES string of the molecule is CC[C@@H](Oc1ccccc1)C(=O)Nc1c(C(=O)N2CCOCC2)oc2ccccc12. The highest BCUT2D eigenvalue weighted by atomic mass is 16.5. The summed E-state index contributed by atoms with van der Waals surface area (Å²) >= 11 is 0. The van der Waals surface area contributed by atoms with Crippen LogP contribution in [0.2, 0.25) is 0 Å². The molecule has 30 heavy (non-hydrogen) atoms. The number of rotatable bonds is 6. The third kappa shape index (κ3) is 4.16. The Hall–Kier alpha value is -3.32. The van der Waals surface area contributed by atoms with Crippen molar-refractivity contribution in [3.8, 4) is 5.75 Å². The zero-order chi connectivity index (χ0) is 20.9. The molecule has 1 saturated heterocycles. The van der Waals surface area contributed by atoms with Gasteiger partial charge in [0.15, 0.2) is 6.10 Å². The lowest BCUT2D eigenvalue weighted by molar-refractivity contribution is -0.122. The van der Waals surface area contributed by atoms with E-state index in [2.05, 4.69) is 5.32 Å². The monoisotopic (exact) mass is 408 g/mol. The molecule has 7 nitrogen and oxygen atoms in total. The number of nitrogens with one attached hydrogen (secondary N) is 1. The second-order valence-corrected chi connectivity index (χ2v) is 7.02. The first kappa shape index (κ1) is 20.0. The van der Waals surface area contributed by atoms with E-state index in [4.69, 9.17) is 13.9 Å². The molecule has 0 radical (unpaired) electrons. The second kappa shape index (κ2) is 9.00. The third-order valence-corrected chi connectivity index (χ3v) is 5.02. The fourth-order valence-corrected chi connectivity index (χ4v) is 3.42. The largest absolute Gasteiger partial charge is 0.481 e. The van der Waals surface area contributed by atoms with Crippen molar-refractivity contribution in [2.45, 2.75) is 19.4 Å². The van der Waals surface area contributed by atoms with Gasteiger partial charge in [-0.15, -0.1) is 0 Å². The summed E-state index contributed by atoms with van der Waals surface area (Å²) in [6.07, 6.45) is -0.226. The number of carbonyl (C=O) groups is 2. The molecule has 1 fully saturated rings. The van der Waals surface area contributed by atoms with Crippen LogP contribution in [0.5, 0.6) is 5.75 Å². The molecule has 2 aromatic carbocycles. The number of ether oxygens (including phenoxy) is 2. The maximum Gasteiger partial charge on any atom is 0.291 e. The normalized spacial score (nSPS) is 15.0. The minimum absolute atomic E-state index is 0.126. The minimum Gasteiger partial charge on any atom is -0.481 e. The molecule has 156 valence electrons. The first-order valence-corrected chi connectivity index (χ1v) is 10.1. The van der Waals surface area contributed by atoms with Crippen molar-refractivity contribution in [1.82, 2.24) is 4.90 Å². The van der Waals surface area contributed by atoms with Crippen molar-refractivity contribution >= 4 is 28.5 Å². The Morgan fingerprint density at radius 2 is 1.77 bits per heavy atom. The molecule has 0 unspecified atom stereocenters. The van der Waals surface area contributed by atoms with Crippen LogP contribution < -0.4 is 10.1 Å². The summed E-state index contributed by atoms with van der Waals surface area (Å²) in [7, 11) is 0. The molecule has 3 aromatic rings. The molecule has 1 N–H and O–H groups in total. The molecule has 1 aromatic heterocycles. The van der Waals surface area contributed by atoms with Gasteiger partial charge in [0.05, 0.1) is 13.2 Å². The first-order valence-electron chi connectivity index (χ1n) is 10.1. The van der Waals surface area contributed by atoms with E-state index in [1.54, 1.807) is 23.1 Å². The number of hydrogen-bond donors (Lipinski definition) is 1. The minimum atomic E-state index is -0.701. The quantitative estimate of drug-likeness (QED) is 0.673. The van der Waals surface area contributed by atoms with Gasteiger partial charge in [0.2, 0.25) is 5.76 Å². The van der Waals surface area contributed by atoms with Gasteiger partial charge < -0.3 is 24.1 Å². The van der Waals surface area contributed by atoms with Crippen molar-refractivity contribution in [3.63, 3.8) is 0 Å². The highest BCUT2D eigenvalue weighted by Gasteiger charge is 2.29. The van der Waals surface area contributed by atoms with E-state index in [0.717, 1.165) is 0 Å². The second-order valence-electron chi connectivity index (χ2n) is 7.02. The number of nitrogens with zero attached hydrogens (tertiary/aromatic N) is 1. The molecule has 1 atom stereocenters. The number of furan rings is 1. The van der Waals surface area contributed by atoms with E-state index in [1.807, 2.05) is 43.3 Å². The summed E-state index contributed by atoms with van der Waals surface area (Å²) in [6, 6.07) is 16.5. The standard InChI is InChI=1S/C23H24N2O5/c1-2-18(29-16-8-4-3-5-9-16)22(26)24-20-17-10-6-7-11-19(17)30-21(20)23(27)25-12-14-28-15-13-25/h3-11,18H,2,12-15H2,1H3,(H,24,26)/t18-/m1/s1. The van der Waals surface area contributed by atoms with Gasteiger partial charge in [-0.1, -0.05) is 37.3 Å². The van der Waals surface area contributed by atoms with Crippen LogP contribution >= 0.6 is 0 Å². The average molecular weight is 408 g/mol. The van der Waals surface area contributed by atoms with E-state index in [9.17, 15) is 9.59 Å². The van der Waals surface area contributed by atoms with Gasteiger partial charge in [0.25, 0.3) is 11.8 Å². The maximum absolute atomic E-state index is 13.1. The van der Waals surface area contributed by atoms with Crippen LogP contribution in [0.1, 0.15) is 23.9 Å². The average Bonchev–Trinajstić information content (AvgIpc) is 3.16. The molecule has 4 rings (SSSR count). The molecular formula is C23H24N2O5. The molecule has 0 bridgehead atoms. The first-order chi connectivity index (χ1) is 14.7. The number of fused-ring (bicyclic) bond motifs is 1. The number of anilines is 1. The molecule has 1 aliphatic rings. The van der Waals surface area contributed by atoms with Crippen LogP contribution in [0.25, 0.3) is 11.0 Å². The van der Waals surface area contributed by atoms with E-state index >= 15 is 0 Å². The van der Waals surface area contributed by atoms with Crippen LogP contribution in [0, 0.1) is 0 Å². The lowest BCUT2D eigenvalue weighted by atomic mass is 10.2. The van der Waals surface area contributed by atoms with Crippen molar-refractivity contribution < 1.29 is 23.5 Å². The zero-order valence-electron chi connectivity index (χ0n) is 16.8. The van der Waals surface area contributed by atoms with Crippen LogP contribution in [0.4, 0.5) is 5.69 Å². The third-order valence-electron chi connectivity index (χ3n) is 5.02. The van der Waals surface area contributed by atoms with Gasteiger partial charge in [-0.2, -0.15) is 0 Å². The predicted octanol–water partition coefficient (Wildman–Crippen LogP) is 3.70. The van der Waals surface area contributed by atoms with Gasteiger partial charge >= 0.3 is 0 Å². The van der Waals surface area contributed by atoms with Crippen LogP contribution in [-0.2, 0) is 9.53 Å². The Labute approximate surface area is 174 Å². The number of benzene rings is 2. The molecule has 7 heteroatoms. The number of morpholine rings is 1. The number of amides is 2. The van der Waals surface area contributed by atoms with Gasteiger partial charge in [0, 0.05) is 18.5 Å². The molecule has 1 aliphatic heterocycles. The summed E-state index contributed by atoms with van der Waals surface area (Å²) in [5.41, 5.74) is 0.920. The van der Waals surface area contributed by atoms with E-state index < -0.39 is 6.10 Å². The summed E-state index contributed by atoms with van der Waals surface area (Å²) in [4.78, 5) is 27.8.